The van der Waals surface area contributed by atoms with Crippen molar-refractivity contribution in [3.8, 4) is 11.4 Å². The quantitative estimate of drug-likeness (QED) is 0.522. The van der Waals surface area contributed by atoms with Crippen molar-refractivity contribution in [2.75, 3.05) is 14.2 Å². The Hall–Kier alpha value is -3.48. The number of benzene rings is 2. The van der Waals surface area contributed by atoms with Crippen LogP contribution in [0.4, 0.5) is 0 Å². The summed E-state index contributed by atoms with van der Waals surface area (Å²) in [5.74, 6) is -1.19. The molecule has 0 unspecified atom stereocenters. The largest absolute Gasteiger partial charge is 0.465 e. The average molecular weight is 336 g/mol. The molecule has 0 spiro atoms. The zero-order valence-corrected chi connectivity index (χ0v) is 13.4. The standard InChI is InChI=1S/C18H12N2O5/c1-24-17(22)11-7-8-12-14(13(11)18(23)25-2)19-15-9-5-3-4-6-10(9)16(21)20(12)15/h3-8H,1-2H3. The van der Waals surface area contributed by atoms with Gasteiger partial charge in [0.15, 0.2) is 0 Å². The monoisotopic (exact) mass is 336 g/mol. The second-order valence-corrected chi connectivity index (χ2v) is 5.46. The van der Waals surface area contributed by atoms with Crippen LogP contribution in [0, 0.1) is 0 Å². The van der Waals surface area contributed by atoms with Gasteiger partial charge in [-0.2, -0.15) is 0 Å². The number of nitrogens with zero attached hydrogens (tertiary/aromatic N) is 2. The third-order valence-electron chi connectivity index (χ3n) is 4.22. The Labute approximate surface area is 141 Å². The van der Waals surface area contributed by atoms with Gasteiger partial charge in [-0.15, -0.1) is 0 Å². The number of carbonyl (C=O) groups is 3. The third kappa shape index (κ3) is 1.92. The first kappa shape index (κ1) is 15.1. The van der Waals surface area contributed by atoms with Gasteiger partial charge in [-0.1, -0.05) is 18.2 Å². The maximum absolute atomic E-state index is 12.7. The number of hydrogen-bond acceptors (Lipinski definition) is 6. The molecule has 0 amide bonds. The molecule has 1 aliphatic rings. The molecule has 0 bridgehead atoms. The van der Waals surface area contributed by atoms with Crippen LogP contribution in [0.1, 0.15) is 31.1 Å². The van der Waals surface area contributed by atoms with Gasteiger partial charge in [0, 0.05) is 5.56 Å². The summed E-state index contributed by atoms with van der Waals surface area (Å²) in [6.45, 7) is 0. The molecule has 1 aliphatic heterocycles. The summed E-state index contributed by atoms with van der Waals surface area (Å²) < 4.78 is 11.0. The SMILES string of the molecule is COC(=O)c1ccc2c(nc3n2C(=O)c2ccccc2-3)c1C(=O)OC. The zero-order chi connectivity index (χ0) is 17.7. The molecule has 3 aromatic rings. The molecule has 0 fully saturated rings. The Balaban J connectivity index is 2.09. The van der Waals surface area contributed by atoms with E-state index < -0.39 is 11.9 Å². The summed E-state index contributed by atoms with van der Waals surface area (Å²) in [7, 11) is 2.44. The molecule has 0 atom stereocenters. The van der Waals surface area contributed by atoms with E-state index in [2.05, 4.69) is 4.98 Å². The van der Waals surface area contributed by atoms with Gasteiger partial charge < -0.3 is 9.47 Å². The average Bonchev–Trinajstić information content (AvgIpc) is 3.16. The van der Waals surface area contributed by atoms with Crippen molar-refractivity contribution in [2.24, 2.45) is 0 Å². The molecule has 124 valence electrons. The lowest BCUT2D eigenvalue weighted by Gasteiger charge is -2.07. The Kier molecular flexibility index (Phi) is 3.18. The molecule has 4 rings (SSSR count). The van der Waals surface area contributed by atoms with E-state index in [-0.39, 0.29) is 22.6 Å². The molecule has 0 saturated carbocycles. The highest BCUT2D eigenvalue weighted by molar-refractivity contribution is 6.17. The van der Waals surface area contributed by atoms with E-state index in [1.807, 2.05) is 6.07 Å². The van der Waals surface area contributed by atoms with Crippen molar-refractivity contribution in [2.45, 2.75) is 0 Å². The Morgan fingerprint density at radius 2 is 1.64 bits per heavy atom. The lowest BCUT2D eigenvalue weighted by molar-refractivity contribution is 0.0557. The van der Waals surface area contributed by atoms with Gasteiger partial charge in [0.25, 0.3) is 5.91 Å². The zero-order valence-electron chi connectivity index (χ0n) is 13.4. The van der Waals surface area contributed by atoms with Crippen molar-refractivity contribution >= 4 is 28.9 Å². The lowest BCUT2D eigenvalue weighted by Crippen LogP contribution is -2.13. The van der Waals surface area contributed by atoms with E-state index in [0.29, 0.717) is 22.5 Å². The van der Waals surface area contributed by atoms with E-state index in [9.17, 15) is 14.4 Å². The van der Waals surface area contributed by atoms with Gasteiger partial charge in [-0.25, -0.2) is 14.6 Å². The number of methoxy groups -OCH3 is 2. The summed E-state index contributed by atoms with van der Waals surface area (Å²) in [5.41, 5.74) is 1.91. The van der Waals surface area contributed by atoms with Gasteiger partial charge in [0.05, 0.1) is 30.9 Å². The predicted molar refractivity (Wildman–Crippen MR) is 87.6 cm³/mol. The summed E-state index contributed by atoms with van der Waals surface area (Å²) in [5, 5.41) is 0. The van der Waals surface area contributed by atoms with Crippen molar-refractivity contribution in [1.29, 1.82) is 0 Å². The normalized spacial score (nSPS) is 12.0. The number of imidazole rings is 1. The second kappa shape index (κ2) is 5.27. The van der Waals surface area contributed by atoms with Crippen LogP contribution < -0.4 is 0 Å². The maximum Gasteiger partial charge on any atom is 0.341 e. The first-order chi connectivity index (χ1) is 12.1. The fraction of sp³-hybridized carbons (Fsp3) is 0.111. The molecular formula is C18H12N2O5. The van der Waals surface area contributed by atoms with E-state index in [1.54, 1.807) is 24.3 Å². The minimum atomic E-state index is -0.719. The molecule has 0 aliphatic carbocycles. The van der Waals surface area contributed by atoms with Crippen LogP contribution in [0.5, 0.6) is 0 Å². The maximum atomic E-state index is 12.7. The van der Waals surface area contributed by atoms with Crippen LogP contribution in [0.2, 0.25) is 0 Å². The highest BCUT2D eigenvalue weighted by Crippen LogP contribution is 2.36. The molecule has 25 heavy (non-hydrogen) atoms. The van der Waals surface area contributed by atoms with Crippen molar-refractivity contribution in [3.05, 3.63) is 53.1 Å². The van der Waals surface area contributed by atoms with E-state index in [4.69, 9.17) is 9.47 Å². The smallest absolute Gasteiger partial charge is 0.341 e. The summed E-state index contributed by atoms with van der Waals surface area (Å²) in [4.78, 5) is 41.4. The van der Waals surface area contributed by atoms with Crippen molar-refractivity contribution in [3.63, 3.8) is 0 Å². The van der Waals surface area contributed by atoms with E-state index >= 15 is 0 Å². The molecule has 0 N–H and O–H groups in total. The van der Waals surface area contributed by atoms with Crippen LogP contribution in [-0.2, 0) is 9.47 Å². The number of hydrogen-bond donors (Lipinski definition) is 0. The molecular weight excluding hydrogens is 324 g/mol. The topological polar surface area (TPSA) is 87.5 Å². The number of aromatic nitrogens is 2. The van der Waals surface area contributed by atoms with Crippen LogP contribution in [-0.4, -0.2) is 41.6 Å². The number of ether oxygens (including phenoxy) is 2. The fourth-order valence-corrected chi connectivity index (χ4v) is 3.10. The van der Waals surface area contributed by atoms with Crippen LogP contribution >= 0.6 is 0 Å². The van der Waals surface area contributed by atoms with Gasteiger partial charge in [0.2, 0.25) is 0 Å². The molecule has 2 aromatic carbocycles. The first-order valence-corrected chi connectivity index (χ1v) is 7.44. The molecule has 2 heterocycles. The number of esters is 2. The van der Waals surface area contributed by atoms with E-state index in [1.165, 1.54) is 24.9 Å². The second-order valence-electron chi connectivity index (χ2n) is 5.46. The van der Waals surface area contributed by atoms with Crippen LogP contribution in [0.15, 0.2) is 36.4 Å². The van der Waals surface area contributed by atoms with Crippen molar-refractivity contribution in [1.82, 2.24) is 9.55 Å². The fourth-order valence-electron chi connectivity index (χ4n) is 3.10. The van der Waals surface area contributed by atoms with Crippen LogP contribution in [0.3, 0.4) is 0 Å². The summed E-state index contributed by atoms with van der Waals surface area (Å²) >= 11 is 0. The summed E-state index contributed by atoms with van der Waals surface area (Å²) in [6.07, 6.45) is 0. The minimum Gasteiger partial charge on any atom is -0.465 e. The highest BCUT2D eigenvalue weighted by Gasteiger charge is 2.33. The van der Waals surface area contributed by atoms with Gasteiger partial charge in [-0.3, -0.25) is 9.36 Å². The van der Waals surface area contributed by atoms with Crippen molar-refractivity contribution < 1.29 is 23.9 Å². The number of carbonyl (C=O) groups excluding carboxylic acids is 3. The van der Waals surface area contributed by atoms with E-state index in [0.717, 1.165) is 0 Å². The molecule has 7 nitrogen and oxygen atoms in total. The molecule has 0 saturated heterocycles. The molecule has 1 aromatic heterocycles. The minimum absolute atomic E-state index is 0.0148. The van der Waals surface area contributed by atoms with Crippen LogP contribution in [0.25, 0.3) is 22.4 Å². The highest BCUT2D eigenvalue weighted by atomic mass is 16.5. The third-order valence-corrected chi connectivity index (χ3v) is 4.22. The summed E-state index contributed by atoms with van der Waals surface area (Å²) in [6, 6.07) is 10.1. The Morgan fingerprint density at radius 3 is 2.32 bits per heavy atom. The Morgan fingerprint density at radius 1 is 0.960 bits per heavy atom. The first-order valence-electron chi connectivity index (χ1n) is 7.44. The number of fused-ring (bicyclic) bond motifs is 5. The predicted octanol–water partition coefficient (Wildman–Crippen LogP) is 2.28. The lowest BCUT2D eigenvalue weighted by atomic mass is 10.1. The number of rotatable bonds is 2. The molecule has 0 radical (unpaired) electrons. The molecule has 7 heteroatoms. The van der Waals surface area contributed by atoms with Gasteiger partial charge in [-0.05, 0) is 18.2 Å². The Bertz CT molecular complexity index is 1080. The van der Waals surface area contributed by atoms with Gasteiger partial charge >= 0.3 is 11.9 Å². The van der Waals surface area contributed by atoms with Gasteiger partial charge in [0.1, 0.15) is 16.9 Å².